The molecule has 1 aliphatic heterocycles. The fourth-order valence-corrected chi connectivity index (χ4v) is 4.53. The Morgan fingerprint density at radius 2 is 1.85 bits per heavy atom. The summed E-state index contributed by atoms with van der Waals surface area (Å²) in [4.78, 5) is 13.1. The van der Waals surface area contributed by atoms with Crippen molar-refractivity contribution in [3.63, 3.8) is 0 Å². The van der Waals surface area contributed by atoms with E-state index in [1.807, 2.05) is 37.3 Å². The molecule has 0 radical (unpaired) electrons. The van der Waals surface area contributed by atoms with Crippen LogP contribution < -0.4 is 5.32 Å². The number of nitrogens with zero attached hydrogens (tertiary/aromatic N) is 1. The molecule has 0 bridgehead atoms. The Morgan fingerprint density at radius 1 is 1.19 bits per heavy atom. The average Bonchev–Trinajstić information content (AvgIpc) is 2.68. The number of rotatable bonds is 9. The number of carbonyl (C=O) groups excluding carboxylic acids is 1. The molecule has 0 atom stereocenters. The van der Waals surface area contributed by atoms with Gasteiger partial charge in [0.25, 0.3) is 0 Å². The molecule has 26 heavy (non-hydrogen) atoms. The van der Waals surface area contributed by atoms with Crippen LogP contribution >= 0.6 is 0 Å². The number of sulfonamides is 1. The molecule has 1 aromatic carbocycles. The fraction of sp³-hybridized carbons (Fsp3) is 0.632. The molecular formula is C19H30N2O4S. The van der Waals surface area contributed by atoms with Gasteiger partial charge in [0.05, 0.1) is 11.2 Å². The first-order chi connectivity index (χ1) is 12.5. The predicted octanol–water partition coefficient (Wildman–Crippen LogP) is 1.91. The molecule has 1 heterocycles. The van der Waals surface area contributed by atoms with Crippen LogP contribution in [0.4, 0.5) is 0 Å². The van der Waals surface area contributed by atoms with Gasteiger partial charge in [-0.1, -0.05) is 30.3 Å². The first-order valence-corrected chi connectivity index (χ1v) is 11.0. The third-order valence-electron chi connectivity index (χ3n) is 5.05. The summed E-state index contributed by atoms with van der Waals surface area (Å²) in [5, 5.41) is 3.03. The molecule has 1 fully saturated rings. The van der Waals surface area contributed by atoms with Crippen LogP contribution in [0.25, 0.3) is 0 Å². The highest BCUT2D eigenvalue weighted by molar-refractivity contribution is 7.89. The van der Waals surface area contributed by atoms with Crippen LogP contribution in [0.3, 0.4) is 0 Å². The standard InChI is InChI=1S/C19H30N2O4S/c1-3-25-16-8-13-20-18(22)19(17-9-6-5-7-10-17)11-14-21(15-12-19)26(23,24)4-2/h5-7,9-10H,3-4,8,11-16H2,1-2H3,(H,20,22). The number of amides is 1. The highest BCUT2D eigenvalue weighted by atomic mass is 32.2. The summed E-state index contributed by atoms with van der Waals surface area (Å²) < 4.78 is 31.1. The SMILES string of the molecule is CCOCCCNC(=O)C1(c2ccccc2)CCN(S(=O)(=O)CC)CC1. The number of hydrogen-bond acceptors (Lipinski definition) is 4. The molecule has 2 rings (SSSR count). The minimum Gasteiger partial charge on any atom is -0.382 e. The average molecular weight is 383 g/mol. The summed E-state index contributed by atoms with van der Waals surface area (Å²) in [6.45, 7) is 6.20. The van der Waals surface area contributed by atoms with E-state index in [0.29, 0.717) is 45.7 Å². The Balaban J connectivity index is 2.12. The third-order valence-corrected chi connectivity index (χ3v) is 6.93. The van der Waals surface area contributed by atoms with E-state index in [2.05, 4.69) is 5.32 Å². The highest BCUT2D eigenvalue weighted by Crippen LogP contribution is 2.36. The maximum absolute atomic E-state index is 13.1. The van der Waals surface area contributed by atoms with Gasteiger partial charge in [-0.2, -0.15) is 0 Å². The summed E-state index contributed by atoms with van der Waals surface area (Å²) in [6, 6.07) is 9.70. The lowest BCUT2D eigenvalue weighted by atomic mass is 9.72. The number of hydrogen-bond donors (Lipinski definition) is 1. The van der Waals surface area contributed by atoms with Gasteiger partial charge in [-0.25, -0.2) is 12.7 Å². The maximum Gasteiger partial charge on any atom is 0.230 e. The number of carbonyl (C=O) groups is 1. The molecule has 0 spiro atoms. The van der Waals surface area contributed by atoms with E-state index in [4.69, 9.17) is 4.74 Å². The van der Waals surface area contributed by atoms with Crippen LogP contribution in [0.1, 0.15) is 38.7 Å². The normalized spacial score (nSPS) is 17.8. The summed E-state index contributed by atoms with van der Waals surface area (Å²) in [5.74, 6) is 0.0725. The van der Waals surface area contributed by atoms with Gasteiger partial charge in [0.15, 0.2) is 0 Å². The Hall–Kier alpha value is -1.44. The number of ether oxygens (including phenoxy) is 1. The molecule has 1 saturated heterocycles. The quantitative estimate of drug-likeness (QED) is 0.662. The maximum atomic E-state index is 13.1. The molecule has 146 valence electrons. The van der Waals surface area contributed by atoms with E-state index in [9.17, 15) is 13.2 Å². The van der Waals surface area contributed by atoms with Crippen molar-refractivity contribution in [3.05, 3.63) is 35.9 Å². The van der Waals surface area contributed by atoms with Crippen molar-refractivity contribution in [1.82, 2.24) is 9.62 Å². The number of nitrogens with one attached hydrogen (secondary N) is 1. The molecule has 0 unspecified atom stereocenters. The van der Waals surface area contributed by atoms with Crippen molar-refractivity contribution in [2.24, 2.45) is 0 Å². The van der Waals surface area contributed by atoms with Crippen LogP contribution in [0, 0.1) is 0 Å². The van der Waals surface area contributed by atoms with Crippen molar-refractivity contribution in [2.45, 2.75) is 38.5 Å². The van der Waals surface area contributed by atoms with Crippen LogP contribution in [0.5, 0.6) is 0 Å². The van der Waals surface area contributed by atoms with Crippen molar-refractivity contribution >= 4 is 15.9 Å². The summed E-state index contributed by atoms with van der Waals surface area (Å²) in [6.07, 6.45) is 1.75. The van der Waals surface area contributed by atoms with Crippen molar-refractivity contribution in [2.75, 3.05) is 38.6 Å². The molecule has 1 aromatic rings. The van der Waals surface area contributed by atoms with E-state index in [1.165, 1.54) is 4.31 Å². The second-order valence-corrected chi connectivity index (χ2v) is 8.81. The Bertz CT molecular complexity index is 668. The van der Waals surface area contributed by atoms with Crippen LogP contribution in [0.2, 0.25) is 0 Å². The van der Waals surface area contributed by atoms with E-state index in [-0.39, 0.29) is 11.7 Å². The molecule has 1 N–H and O–H groups in total. The van der Waals surface area contributed by atoms with Crippen LogP contribution in [0.15, 0.2) is 30.3 Å². The second kappa shape index (κ2) is 9.48. The lowest BCUT2D eigenvalue weighted by Crippen LogP contribution is -2.53. The lowest BCUT2D eigenvalue weighted by Gasteiger charge is -2.40. The molecular weight excluding hydrogens is 352 g/mol. The number of benzene rings is 1. The summed E-state index contributed by atoms with van der Waals surface area (Å²) in [7, 11) is -3.22. The smallest absolute Gasteiger partial charge is 0.230 e. The third kappa shape index (κ3) is 4.84. The zero-order valence-corrected chi connectivity index (χ0v) is 16.6. The summed E-state index contributed by atoms with van der Waals surface area (Å²) in [5.41, 5.74) is 0.281. The largest absolute Gasteiger partial charge is 0.382 e. The van der Waals surface area contributed by atoms with Gasteiger partial charge >= 0.3 is 0 Å². The highest BCUT2D eigenvalue weighted by Gasteiger charge is 2.44. The van der Waals surface area contributed by atoms with Gasteiger partial charge < -0.3 is 10.1 Å². The molecule has 0 saturated carbocycles. The Kier molecular flexibility index (Phi) is 7.61. The summed E-state index contributed by atoms with van der Waals surface area (Å²) >= 11 is 0. The van der Waals surface area contributed by atoms with E-state index < -0.39 is 15.4 Å². The molecule has 7 heteroatoms. The van der Waals surface area contributed by atoms with Gasteiger partial charge in [0, 0.05) is 32.8 Å². The first kappa shape index (κ1) is 20.9. The topological polar surface area (TPSA) is 75.7 Å². The molecule has 0 aliphatic carbocycles. The first-order valence-electron chi connectivity index (χ1n) is 9.35. The zero-order chi connectivity index (χ0) is 19.0. The number of piperidine rings is 1. The van der Waals surface area contributed by atoms with Gasteiger partial charge in [-0.15, -0.1) is 0 Å². The van der Waals surface area contributed by atoms with Crippen molar-refractivity contribution in [3.8, 4) is 0 Å². The van der Waals surface area contributed by atoms with Crippen molar-refractivity contribution < 1.29 is 17.9 Å². The predicted molar refractivity (Wildman–Crippen MR) is 103 cm³/mol. The molecule has 0 aromatic heterocycles. The van der Waals surface area contributed by atoms with Crippen LogP contribution in [-0.2, 0) is 25.0 Å². The molecule has 6 nitrogen and oxygen atoms in total. The minimum absolute atomic E-state index is 0.0197. The second-order valence-electron chi connectivity index (χ2n) is 6.55. The Morgan fingerprint density at radius 3 is 2.42 bits per heavy atom. The van der Waals surface area contributed by atoms with Crippen molar-refractivity contribution in [1.29, 1.82) is 0 Å². The van der Waals surface area contributed by atoms with Gasteiger partial charge in [-0.05, 0) is 38.7 Å². The monoisotopic (exact) mass is 382 g/mol. The van der Waals surface area contributed by atoms with E-state index in [1.54, 1.807) is 6.92 Å². The van der Waals surface area contributed by atoms with Gasteiger partial charge in [-0.3, -0.25) is 4.79 Å². The van der Waals surface area contributed by atoms with Gasteiger partial charge in [0.1, 0.15) is 0 Å². The lowest BCUT2D eigenvalue weighted by molar-refractivity contribution is -0.128. The molecule has 1 aliphatic rings. The zero-order valence-electron chi connectivity index (χ0n) is 15.7. The van der Waals surface area contributed by atoms with Crippen LogP contribution in [-0.4, -0.2) is 57.2 Å². The molecule has 1 amide bonds. The fourth-order valence-electron chi connectivity index (χ4n) is 3.42. The minimum atomic E-state index is -3.22. The van der Waals surface area contributed by atoms with Gasteiger partial charge in [0.2, 0.25) is 15.9 Å². The van der Waals surface area contributed by atoms with E-state index >= 15 is 0 Å². The Labute approximate surface area is 157 Å². The van der Waals surface area contributed by atoms with E-state index in [0.717, 1.165) is 12.0 Å².